The predicted molar refractivity (Wildman–Crippen MR) is 69.9 cm³/mol. The number of hydrogen-bond acceptors (Lipinski definition) is 3. The van der Waals surface area contributed by atoms with Crippen LogP contribution in [0.25, 0.3) is 0 Å². The average Bonchev–Trinajstić information content (AvgIpc) is 2.31. The molecule has 1 aromatic rings. The lowest BCUT2D eigenvalue weighted by molar-refractivity contribution is 0.187. The van der Waals surface area contributed by atoms with E-state index >= 15 is 0 Å². The van der Waals surface area contributed by atoms with Gasteiger partial charge in [-0.15, -0.1) is 11.8 Å². The second kappa shape index (κ2) is 5.69. The molecule has 1 atom stereocenters. The minimum atomic E-state index is 0.585. The summed E-state index contributed by atoms with van der Waals surface area (Å²) in [4.78, 5) is 6.97. The standard InChI is InChI=1S/C13H20N2S/c1-3-16-13-8-7-11(10-14-13)12-6-4-5-9-15(12)2/h7-8,10,12H,3-6,9H2,1-2H3/t12-/m0/s1. The molecule has 0 amide bonds. The van der Waals surface area contributed by atoms with Gasteiger partial charge in [0.05, 0.1) is 5.03 Å². The summed E-state index contributed by atoms with van der Waals surface area (Å²) >= 11 is 1.81. The Morgan fingerprint density at radius 1 is 1.44 bits per heavy atom. The Hall–Kier alpha value is -0.540. The van der Waals surface area contributed by atoms with Gasteiger partial charge in [0.15, 0.2) is 0 Å². The van der Waals surface area contributed by atoms with Crippen LogP contribution in [0.1, 0.15) is 37.8 Å². The van der Waals surface area contributed by atoms with Crippen LogP contribution in [-0.2, 0) is 0 Å². The van der Waals surface area contributed by atoms with Gasteiger partial charge in [-0.1, -0.05) is 19.4 Å². The first-order valence-corrected chi connectivity index (χ1v) is 7.09. The molecule has 0 spiro atoms. The van der Waals surface area contributed by atoms with Gasteiger partial charge in [-0.3, -0.25) is 4.90 Å². The number of piperidine rings is 1. The first kappa shape index (κ1) is 11.9. The molecule has 2 rings (SSSR count). The number of hydrogen-bond donors (Lipinski definition) is 0. The van der Waals surface area contributed by atoms with Crippen molar-refractivity contribution < 1.29 is 0 Å². The van der Waals surface area contributed by atoms with Gasteiger partial charge in [0.2, 0.25) is 0 Å². The van der Waals surface area contributed by atoms with Crippen LogP contribution in [-0.4, -0.2) is 29.2 Å². The van der Waals surface area contributed by atoms with Gasteiger partial charge in [0.25, 0.3) is 0 Å². The highest BCUT2D eigenvalue weighted by molar-refractivity contribution is 7.99. The van der Waals surface area contributed by atoms with E-state index in [2.05, 4.69) is 42.2 Å². The molecular weight excluding hydrogens is 216 g/mol. The topological polar surface area (TPSA) is 16.1 Å². The zero-order valence-corrected chi connectivity index (χ0v) is 11.0. The second-order valence-corrected chi connectivity index (χ2v) is 5.64. The molecule has 0 radical (unpaired) electrons. The number of likely N-dealkylation sites (tertiary alicyclic amines) is 1. The van der Waals surface area contributed by atoms with Gasteiger partial charge < -0.3 is 0 Å². The van der Waals surface area contributed by atoms with Crippen molar-refractivity contribution in [3.8, 4) is 0 Å². The molecule has 0 aliphatic carbocycles. The van der Waals surface area contributed by atoms with Crippen LogP contribution >= 0.6 is 11.8 Å². The third-order valence-corrected chi connectivity index (χ3v) is 4.03. The maximum Gasteiger partial charge on any atom is 0.0959 e. The molecule has 0 aromatic carbocycles. The molecule has 2 nitrogen and oxygen atoms in total. The van der Waals surface area contributed by atoms with Gasteiger partial charge in [0.1, 0.15) is 0 Å². The van der Waals surface area contributed by atoms with E-state index in [0.717, 1.165) is 10.8 Å². The zero-order valence-electron chi connectivity index (χ0n) is 10.1. The van der Waals surface area contributed by atoms with E-state index in [4.69, 9.17) is 0 Å². The van der Waals surface area contributed by atoms with Crippen molar-refractivity contribution in [2.24, 2.45) is 0 Å². The fourth-order valence-corrected chi connectivity index (χ4v) is 2.91. The van der Waals surface area contributed by atoms with E-state index < -0.39 is 0 Å². The van der Waals surface area contributed by atoms with Crippen molar-refractivity contribution in [1.29, 1.82) is 0 Å². The molecule has 2 heterocycles. The van der Waals surface area contributed by atoms with Crippen molar-refractivity contribution in [3.05, 3.63) is 23.9 Å². The Bertz CT molecular complexity index is 323. The van der Waals surface area contributed by atoms with Gasteiger partial charge in [-0.25, -0.2) is 4.98 Å². The monoisotopic (exact) mass is 236 g/mol. The van der Waals surface area contributed by atoms with Crippen LogP contribution in [0.2, 0.25) is 0 Å². The van der Waals surface area contributed by atoms with E-state index in [1.54, 1.807) is 11.8 Å². The molecule has 88 valence electrons. The minimum Gasteiger partial charge on any atom is -0.299 e. The lowest BCUT2D eigenvalue weighted by atomic mass is 9.97. The summed E-state index contributed by atoms with van der Waals surface area (Å²) in [5.41, 5.74) is 1.38. The molecule has 1 aliphatic rings. The quantitative estimate of drug-likeness (QED) is 0.749. The molecule has 1 aliphatic heterocycles. The third-order valence-electron chi connectivity index (χ3n) is 3.21. The van der Waals surface area contributed by atoms with Gasteiger partial charge in [0, 0.05) is 12.2 Å². The Labute approximate surface area is 102 Å². The Morgan fingerprint density at radius 3 is 2.94 bits per heavy atom. The lowest BCUT2D eigenvalue weighted by Gasteiger charge is -2.32. The first-order valence-electron chi connectivity index (χ1n) is 6.10. The van der Waals surface area contributed by atoms with Crippen molar-refractivity contribution >= 4 is 11.8 Å². The number of rotatable bonds is 3. The van der Waals surface area contributed by atoms with Crippen molar-refractivity contribution in [2.75, 3.05) is 19.3 Å². The first-order chi connectivity index (χ1) is 7.81. The Balaban J connectivity index is 2.08. The summed E-state index contributed by atoms with van der Waals surface area (Å²) in [6.45, 7) is 3.38. The van der Waals surface area contributed by atoms with Crippen LogP contribution in [0.3, 0.4) is 0 Å². The Kier molecular flexibility index (Phi) is 4.24. The molecule has 0 N–H and O–H groups in total. The van der Waals surface area contributed by atoms with Crippen LogP contribution in [0.4, 0.5) is 0 Å². The maximum absolute atomic E-state index is 4.51. The highest BCUT2D eigenvalue weighted by Crippen LogP contribution is 2.29. The zero-order chi connectivity index (χ0) is 11.4. The number of thioether (sulfide) groups is 1. The van der Waals surface area contributed by atoms with Crippen LogP contribution in [0.15, 0.2) is 23.4 Å². The molecule has 0 bridgehead atoms. The smallest absolute Gasteiger partial charge is 0.0959 e. The van der Waals surface area contributed by atoms with Crippen LogP contribution < -0.4 is 0 Å². The average molecular weight is 236 g/mol. The van der Waals surface area contributed by atoms with E-state index in [1.807, 2.05) is 0 Å². The van der Waals surface area contributed by atoms with Gasteiger partial charge in [-0.05, 0) is 43.8 Å². The summed E-state index contributed by atoms with van der Waals surface area (Å²) in [5.74, 6) is 1.09. The molecule has 3 heteroatoms. The molecule has 0 unspecified atom stereocenters. The lowest BCUT2D eigenvalue weighted by Crippen LogP contribution is -2.29. The fourth-order valence-electron chi connectivity index (χ4n) is 2.32. The predicted octanol–water partition coefficient (Wildman–Crippen LogP) is 3.35. The highest BCUT2D eigenvalue weighted by atomic mass is 32.2. The molecule has 1 fully saturated rings. The molecule has 1 saturated heterocycles. The van der Waals surface area contributed by atoms with Crippen molar-refractivity contribution in [1.82, 2.24) is 9.88 Å². The third kappa shape index (κ3) is 2.77. The number of aromatic nitrogens is 1. The number of nitrogens with zero attached hydrogens (tertiary/aromatic N) is 2. The van der Waals surface area contributed by atoms with Gasteiger partial charge >= 0.3 is 0 Å². The van der Waals surface area contributed by atoms with Crippen LogP contribution in [0.5, 0.6) is 0 Å². The van der Waals surface area contributed by atoms with Crippen LogP contribution in [0, 0.1) is 0 Å². The van der Waals surface area contributed by atoms with E-state index in [0.29, 0.717) is 6.04 Å². The second-order valence-electron chi connectivity index (χ2n) is 4.35. The number of pyridine rings is 1. The molecule has 1 aromatic heterocycles. The highest BCUT2D eigenvalue weighted by Gasteiger charge is 2.20. The molecular formula is C13H20N2S. The summed E-state index contributed by atoms with van der Waals surface area (Å²) in [5, 5.41) is 1.14. The largest absolute Gasteiger partial charge is 0.299 e. The minimum absolute atomic E-state index is 0.585. The van der Waals surface area contributed by atoms with E-state index in [1.165, 1.54) is 31.4 Å². The normalized spacial score (nSPS) is 22.2. The molecule has 16 heavy (non-hydrogen) atoms. The van der Waals surface area contributed by atoms with E-state index in [-0.39, 0.29) is 0 Å². The fraction of sp³-hybridized carbons (Fsp3) is 0.615. The summed E-state index contributed by atoms with van der Waals surface area (Å²) < 4.78 is 0. The van der Waals surface area contributed by atoms with Gasteiger partial charge in [-0.2, -0.15) is 0 Å². The summed E-state index contributed by atoms with van der Waals surface area (Å²) in [6, 6.07) is 4.99. The van der Waals surface area contributed by atoms with Crippen molar-refractivity contribution in [2.45, 2.75) is 37.3 Å². The summed E-state index contributed by atoms with van der Waals surface area (Å²) in [7, 11) is 2.22. The SMILES string of the molecule is CCSc1ccc([C@@H]2CCCCN2C)cn1. The maximum atomic E-state index is 4.51. The van der Waals surface area contributed by atoms with E-state index in [9.17, 15) is 0 Å². The molecule has 0 saturated carbocycles. The van der Waals surface area contributed by atoms with Crippen molar-refractivity contribution in [3.63, 3.8) is 0 Å². The Morgan fingerprint density at radius 2 is 2.31 bits per heavy atom. The summed E-state index contributed by atoms with van der Waals surface area (Å²) in [6.07, 6.45) is 6.02.